The first-order valence-corrected chi connectivity index (χ1v) is 11.8. The maximum atomic E-state index is 13.3. The fraction of sp³-hybridized carbons (Fsp3) is 0.769. The van der Waals surface area contributed by atoms with Crippen molar-refractivity contribution in [1.29, 1.82) is 0 Å². The summed E-state index contributed by atoms with van der Waals surface area (Å²) in [5.41, 5.74) is 1.79. The van der Waals surface area contributed by atoms with Crippen LogP contribution in [0.15, 0.2) is 23.8 Å². The van der Waals surface area contributed by atoms with Gasteiger partial charge in [-0.2, -0.15) is 0 Å². The first-order chi connectivity index (χ1) is 14.2. The molecular formula is C26H38O4. The van der Waals surface area contributed by atoms with E-state index in [0.717, 1.165) is 32.1 Å². The van der Waals surface area contributed by atoms with E-state index >= 15 is 0 Å². The van der Waals surface area contributed by atoms with Gasteiger partial charge in [0.1, 0.15) is 12.0 Å². The molecule has 6 atom stereocenters. The van der Waals surface area contributed by atoms with Crippen LogP contribution in [0.1, 0.15) is 78.6 Å². The lowest BCUT2D eigenvalue weighted by atomic mass is 9.40. The van der Waals surface area contributed by atoms with Gasteiger partial charge < -0.3 is 9.47 Å². The molecule has 0 heterocycles. The predicted octanol–water partition coefficient (Wildman–Crippen LogP) is 5.62. The number of hydrogen-bond donors (Lipinski definition) is 0. The molecule has 0 saturated heterocycles. The van der Waals surface area contributed by atoms with Gasteiger partial charge in [-0.25, -0.2) is 4.79 Å². The summed E-state index contributed by atoms with van der Waals surface area (Å²) in [6.45, 7) is 10.6. The van der Waals surface area contributed by atoms with Crippen molar-refractivity contribution in [3.63, 3.8) is 0 Å². The molecule has 4 nitrogen and oxygen atoms in total. The van der Waals surface area contributed by atoms with E-state index in [-0.39, 0.29) is 29.9 Å². The van der Waals surface area contributed by atoms with Gasteiger partial charge in [0.25, 0.3) is 0 Å². The minimum atomic E-state index is -0.723. The van der Waals surface area contributed by atoms with Crippen molar-refractivity contribution in [3.8, 4) is 0 Å². The van der Waals surface area contributed by atoms with Crippen molar-refractivity contribution in [2.75, 3.05) is 13.7 Å². The molecule has 0 amide bonds. The van der Waals surface area contributed by atoms with E-state index in [0.29, 0.717) is 22.8 Å². The van der Waals surface area contributed by atoms with Crippen LogP contribution in [-0.2, 0) is 19.1 Å². The van der Waals surface area contributed by atoms with Crippen molar-refractivity contribution in [3.05, 3.63) is 23.8 Å². The third kappa shape index (κ3) is 3.00. The molecule has 2 bridgehead atoms. The number of ether oxygens (including phenoxy) is 2. The summed E-state index contributed by atoms with van der Waals surface area (Å²) in [5, 5.41) is 0. The van der Waals surface area contributed by atoms with Crippen molar-refractivity contribution < 1.29 is 19.1 Å². The van der Waals surface area contributed by atoms with Gasteiger partial charge in [0.05, 0.1) is 7.11 Å². The summed E-state index contributed by atoms with van der Waals surface area (Å²) < 4.78 is 11.1. The van der Waals surface area contributed by atoms with Gasteiger partial charge in [-0.15, -0.1) is 0 Å². The predicted molar refractivity (Wildman–Crippen MR) is 117 cm³/mol. The summed E-state index contributed by atoms with van der Waals surface area (Å²) in [6, 6.07) is 0. The molecule has 1 spiro atoms. The molecule has 4 heteroatoms. The van der Waals surface area contributed by atoms with Crippen LogP contribution in [0.2, 0.25) is 0 Å². The number of hydrogen-bond acceptors (Lipinski definition) is 4. The molecule has 4 fully saturated rings. The number of carbonyl (C=O) groups is 2. The quantitative estimate of drug-likeness (QED) is 0.340. The molecule has 0 radical (unpaired) electrons. The van der Waals surface area contributed by atoms with E-state index in [4.69, 9.17) is 9.47 Å². The molecule has 4 aliphatic carbocycles. The van der Waals surface area contributed by atoms with Crippen molar-refractivity contribution in [1.82, 2.24) is 0 Å². The molecule has 0 aromatic rings. The molecule has 0 N–H and O–H groups in total. The maximum Gasteiger partial charge on any atom is 0.333 e. The second-order valence-electron chi connectivity index (χ2n) is 10.9. The second-order valence-corrected chi connectivity index (χ2v) is 10.9. The van der Waals surface area contributed by atoms with Gasteiger partial charge >= 0.3 is 11.9 Å². The first kappa shape index (κ1) is 21.6. The summed E-state index contributed by atoms with van der Waals surface area (Å²) in [6.07, 6.45) is 11.8. The first-order valence-electron chi connectivity index (χ1n) is 11.8. The fourth-order valence-corrected chi connectivity index (χ4v) is 8.27. The zero-order valence-electron chi connectivity index (χ0n) is 19.2. The Labute approximate surface area is 181 Å². The van der Waals surface area contributed by atoms with Gasteiger partial charge in [-0.3, -0.25) is 4.79 Å². The number of methoxy groups -OCH3 is 1. The zero-order valence-corrected chi connectivity index (χ0v) is 19.2. The van der Waals surface area contributed by atoms with E-state index in [1.165, 1.54) is 38.4 Å². The number of fused-ring (bicyclic) bond motifs is 3. The third-order valence-electron chi connectivity index (χ3n) is 9.69. The molecule has 6 unspecified atom stereocenters. The topological polar surface area (TPSA) is 52.6 Å². The number of carbonyl (C=O) groups excluding carboxylic acids is 2. The Hall–Kier alpha value is -1.58. The smallest absolute Gasteiger partial charge is 0.333 e. The van der Waals surface area contributed by atoms with Gasteiger partial charge in [-0.05, 0) is 93.8 Å². The number of esters is 2. The van der Waals surface area contributed by atoms with Crippen molar-refractivity contribution in [2.45, 2.75) is 78.6 Å². The van der Waals surface area contributed by atoms with Crippen LogP contribution in [0, 0.1) is 34.0 Å². The largest absolute Gasteiger partial charge is 0.468 e. The Morgan fingerprint density at radius 3 is 2.63 bits per heavy atom. The molecule has 30 heavy (non-hydrogen) atoms. The average molecular weight is 415 g/mol. The van der Waals surface area contributed by atoms with Crippen molar-refractivity contribution >= 4 is 11.9 Å². The Balaban J connectivity index is 1.67. The highest BCUT2D eigenvalue weighted by Crippen LogP contribution is 2.72. The molecule has 4 aliphatic rings. The van der Waals surface area contributed by atoms with Crippen LogP contribution in [0.3, 0.4) is 0 Å². The highest BCUT2D eigenvalue weighted by Gasteiger charge is 2.66. The van der Waals surface area contributed by atoms with Gasteiger partial charge in [0, 0.05) is 5.57 Å². The van der Waals surface area contributed by atoms with Crippen LogP contribution in [0.4, 0.5) is 0 Å². The van der Waals surface area contributed by atoms with Crippen LogP contribution < -0.4 is 0 Å². The Bertz CT molecular complexity index is 782. The van der Waals surface area contributed by atoms with Crippen molar-refractivity contribution in [2.24, 2.45) is 34.0 Å². The molecule has 0 aliphatic heterocycles. The van der Waals surface area contributed by atoms with Crippen LogP contribution >= 0.6 is 0 Å². The zero-order chi connectivity index (χ0) is 21.7. The minimum Gasteiger partial charge on any atom is -0.468 e. The fourth-order valence-electron chi connectivity index (χ4n) is 8.27. The highest BCUT2D eigenvalue weighted by atomic mass is 16.5. The Morgan fingerprint density at radius 2 is 1.93 bits per heavy atom. The van der Waals surface area contributed by atoms with E-state index in [2.05, 4.69) is 13.5 Å². The SMILES string of the molecule is C=C1CC23CCC4C(COC(=O)C(C)=CC)(C(=O)OC)CCCC4(C)C2CCC1C3. The normalized spacial score (nSPS) is 42.9. The molecule has 4 saturated carbocycles. The van der Waals surface area contributed by atoms with Gasteiger partial charge in [-0.1, -0.05) is 31.6 Å². The van der Waals surface area contributed by atoms with E-state index < -0.39 is 5.41 Å². The number of allylic oxidation sites excluding steroid dienone is 2. The van der Waals surface area contributed by atoms with Gasteiger partial charge in [0.15, 0.2) is 0 Å². The van der Waals surface area contributed by atoms with Gasteiger partial charge in [0.2, 0.25) is 0 Å². The van der Waals surface area contributed by atoms with Crippen LogP contribution in [-0.4, -0.2) is 25.7 Å². The third-order valence-corrected chi connectivity index (χ3v) is 9.69. The van der Waals surface area contributed by atoms with E-state index in [1.807, 2.05) is 6.92 Å². The maximum absolute atomic E-state index is 13.3. The summed E-state index contributed by atoms with van der Waals surface area (Å²) in [5.74, 6) is 1.01. The average Bonchev–Trinajstić information content (AvgIpc) is 2.97. The molecular weight excluding hydrogens is 376 g/mol. The summed E-state index contributed by atoms with van der Waals surface area (Å²) >= 11 is 0. The molecule has 0 aromatic carbocycles. The Morgan fingerprint density at radius 1 is 1.17 bits per heavy atom. The second kappa shape index (κ2) is 7.53. The van der Waals surface area contributed by atoms with Crippen LogP contribution in [0.5, 0.6) is 0 Å². The number of rotatable bonds is 4. The summed E-state index contributed by atoms with van der Waals surface area (Å²) in [4.78, 5) is 25.7. The lowest BCUT2D eigenvalue weighted by molar-refractivity contribution is -0.197. The van der Waals surface area contributed by atoms with Crippen LogP contribution in [0.25, 0.3) is 0 Å². The molecule has 0 aromatic heterocycles. The minimum absolute atomic E-state index is 0.0856. The molecule has 166 valence electrons. The lowest BCUT2D eigenvalue weighted by Crippen LogP contribution is -2.60. The Kier molecular flexibility index (Phi) is 5.43. The monoisotopic (exact) mass is 414 g/mol. The van der Waals surface area contributed by atoms with E-state index in [9.17, 15) is 9.59 Å². The standard InChI is InChI=1S/C26H38O4/c1-6-17(2)22(27)30-16-26(23(28)29-5)12-7-11-24(4)20-9-8-19-15-25(20,14-18(19)3)13-10-21(24)26/h6,19-21H,3,7-16H2,1-2,4-5H3. The lowest BCUT2D eigenvalue weighted by Gasteiger charge is -2.63. The highest BCUT2D eigenvalue weighted by molar-refractivity contribution is 5.88. The summed E-state index contributed by atoms with van der Waals surface area (Å²) in [7, 11) is 1.48. The van der Waals surface area contributed by atoms with E-state index in [1.54, 1.807) is 13.0 Å². The molecule has 4 rings (SSSR count).